The summed E-state index contributed by atoms with van der Waals surface area (Å²) in [6.45, 7) is 2.69. The number of piperazine rings is 1. The van der Waals surface area contributed by atoms with Crippen LogP contribution in [0.25, 0.3) is 21.9 Å². The minimum absolute atomic E-state index is 0.0619. The van der Waals surface area contributed by atoms with E-state index < -0.39 is 0 Å². The van der Waals surface area contributed by atoms with Crippen LogP contribution in [0.2, 0.25) is 0 Å². The number of nitrogens with zero attached hydrogens (tertiary/aromatic N) is 4. The molecule has 0 unspecified atom stereocenters. The number of benzene rings is 1. The van der Waals surface area contributed by atoms with Gasteiger partial charge in [-0.05, 0) is 18.2 Å². The lowest BCUT2D eigenvalue weighted by molar-refractivity contribution is 0.0714. The van der Waals surface area contributed by atoms with Crippen molar-refractivity contribution in [3.8, 4) is 0 Å². The summed E-state index contributed by atoms with van der Waals surface area (Å²) >= 11 is 0. The first-order valence-electron chi connectivity index (χ1n) is 8.60. The number of aromatic nitrogens is 3. The van der Waals surface area contributed by atoms with Crippen molar-refractivity contribution in [3.05, 3.63) is 54.7 Å². The fourth-order valence-electron chi connectivity index (χ4n) is 3.55. The van der Waals surface area contributed by atoms with Gasteiger partial charge in [0.15, 0.2) is 11.6 Å². The van der Waals surface area contributed by atoms with Crippen molar-refractivity contribution in [1.29, 1.82) is 0 Å². The molecular weight excluding hydrogens is 330 g/mol. The largest absolute Gasteiger partial charge is 0.459 e. The van der Waals surface area contributed by atoms with E-state index in [2.05, 4.69) is 25.9 Å². The number of amides is 1. The highest BCUT2D eigenvalue weighted by Crippen LogP contribution is 2.29. The van der Waals surface area contributed by atoms with E-state index in [0.29, 0.717) is 31.9 Å². The number of carbonyl (C=O) groups is 1. The molecule has 1 N–H and O–H groups in total. The molecule has 0 bridgehead atoms. The van der Waals surface area contributed by atoms with Gasteiger partial charge in [0, 0.05) is 37.1 Å². The van der Waals surface area contributed by atoms with Crippen LogP contribution >= 0.6 is 0 Å². The molecule has 1 fully saturated rings. The summed E-state index contributed by atoms with van der Waals surface area (Å²) in [6, 6.07) is 11.6. The number of furan rings is 1. The van der Waals surface area contributed by atoms with Gasteiger partial charge in [0.25, 0.3) is 5.91 Å². The van der Waals surface area contributed by atoms with Gasteiger partial charge in [-0.3, -0.25) is 4.79 Å². The summed E-state index contributed by atoms with van der Waals surface area (Å²) in [6.07, 6.45) is 3.13. The van der Waals surface area contributed by atoms with Crippen molar-refractivity contribution in [2.75, 3.05) is 31.1 Å². The van der Waals surface area contributed by atoms with Crippen LogP contribution in [0.5, 0.6) is 0 Å². The zero-order valence-electron chi connectivity index (χ0n) is 14.1. The smallest absolute Gasteiger partial charge is 0.289 e. The summed E-state index contributed by atoms with van der Waals surface area (Å²) in [7, 11) is 0. The summed E-state index contributed by atoms with van der Waals surface area (Å²) in [5, 5.41) is 1.10. The Kier molecular flexibility index (Phi) is 3.38. The van der Waals surface area contributed by atoms with E-state index in [-0.39, 0.29) is 5.91 Å². The van der Waals surface area contributed by atoms with Gasteiger partial charge in [0.05, 0.1) is 6.26 Å². The molecule has 7 heteroatoms. The number of H-pyrrole nitrogens is 1. The normalized spacial score (nSPS) is 15.1. The maximum atomic E-state index is 12.4. The van der Waals surface area contributed by atoms with Gasteiger partial charge in [-0.15, -0.1) is 0 Å². The number of aromatic amines is 1. The Hall–Kier alpha value is -3.35. The first kappa shape index (κ1) is 14.9. The lowest BCUT2D eigenvalue weighted by Gasteiger charge is -2.35. The molecule has 3 aromatic heterocycles. The number of rotatable bonds is 2. The minimum Gasteiger partial charge on any atom is -0.459 e. The van der Waals surface area contributed by atoms with Gasteiger partial charge >= 0.3 is 0 Å². The maximum Gasteiger partial charge on any atom is 0.289 e. The number of para-hydroxylation sites is 1. The molecule has 0 atom stereocenters. The van der Waals surface area contributed by atoms with Gasteiger partial charge < -0.3 is 19.2 Å². The van der Waals surface area contributed by atoms with Crippen LogP contribution in [0.4, 0.5) is 5.82 Å². The monoisotopic (exact) mass is 347 g/mol. The first-order valence-corrected chi connectivity index (χ1v) is 8.60. The Morgan fingerprint density at radius 3 is 2.69 bits per heavy atom. The highest BCUT2D eigenvalue weighted by molar-refractivity contribution is 6.08. The third-order valence-electron chi connectivity index (χ3n) is 4.87. The van der Waals surface area contributed by atoms with Crippen molar-refractivity contribution in [2.45, 2.75) is 0 Å². The van der Waals surface area contributed by atoms with E-state index in [1.54, 1.807) is 18.5 Å². The van der Waals surface area contributed by atoms with Crippen LogP contribution in [0.3, 0.4) is 0 Å². The van der Waals surface area contributed by atoms with E-state index in [9.17, 15) is 4.79 Å². The number of hydrogen-bond acceptors (Lipinski definition) is 5. The highest BCUT2D eigenvalue weighted by atomic mass is 16.3. The molecule has 0 saturated carbocycles. The van der Waals surface area contributed by atoms with Crippen LogP contribution in [0.1, 0.15) is 10.6 Å². The SMILES string of the molecule is O=C(c1ccco1)N1CCN(c2ncnc3c2[nH]c2ccccc23)CC1. The van der Waals surface area contributed by atoms with Crippen LogP contribution < -0.4 is 4.90 Å². The van der Waals surface area contributed by atoms with Crippen molar-refractivity contribution in [2.24, 2.45) is 0 Å². The first-order chi connectivity index (χ1) is 12.8. The van der Waals surface area contributed by atoms with E-state index in [1.165, 1.54) is 6.26 Å². The Balaban J connectivity index is 1.42. The van der Waals surface area contributed by atoms with Crippen molar-refractivity contribution in [1.82, 2.24) is 19.9 Å². The molecule has 0 radical (unpaired) electrons. The minimum atomic E-state index is -0.0619. The molecule has 4 aromatic rings. The van der Waals surface area contributed by atoms with Crippen LogP contribution in [0, 0.1) is 0 Å². The van der Waals surface area contributed by atoms with E-state index in [0.717, 1.165) is 27.8 Å². The lowest BCUT2D eigenvalue weighted by atomic mass is 10.2. The number of fused-ring (bicyclic) bond motifs is 3. The number of nitrogens with one attached hydrogen (secondary N) is 1. The van der Waals surface area contributed by atoms with Crippen LogP contribution in [0.15, 0.2) is 53.4 Å². The molecular formula is C19H17N5O2. The van der Waals surface area contributed by atoms with Gasteiger partial charge in [0.2, 0.25) is 0 Å². The average molecular weight is 347 g/mol. The fraction of sp³-hybridized carbons (Fsp3) is 0.211. The maximum absolute atomic E-state index is 12.4. The van der Waals surface area contributed by atoms with Crippen molar-refractivity contribution in [3.63, 3.8) is 0 Å². The Bertz CT molecular complexity index is 1080. The third-order valence-corrected chi connectivity index (χ3v) is 4.87. The molecule has 0 spiro atoms. The Labute approximate surface area is 149 Å². The molecule has 1 aliphatic rings. The molecule has 0 aliphatic carbocycles. The zero-order chi connectivity index (χ0) is 17.5. The quantitative estimate of drug-likeness (QED) is 0.603. The van der Waals surface area contributed by atoms with E-state index in [4.69, 9.17) is 4.42 Å². The predicted molar refractivity (Wildman–Crippen MR) is 98.2 cm³/mol. The summed E-state index contributed by atoms with van der Waals surface area (Å²) in [4.78, 5) is 28.8. The number of anilines is 1. The lowest BCUT2D eigenvalue weighted by Crippen LogP contribution is -2.49. The predicted octanol–water partition coefficient (Wildman–Crippen LogP) is 2.67. The fourth-order valence-corrected chi connectivity index (χ4v) is 3.55. The van der Waals surface area contributed by atoms with E-state index in [1.807, 2.05) is 23.1 Å². The van der Waals surface area contributed by atoms with Gasteiger partial charge in [0.1, 0.15) is 17.4 Å². The molecule has 1 saturated heterocycles. The summed E-state index contributed by atoms with van der Waals surface area (Å²) in [5.41, 5.74) is 2.93. The second kappa shape index (κ2) is 5.87. The van der Waals surface area contributed by atoms with Gasteiger partial charge in [-0.1, -0.05) is 18.2 Å². The molecule has 1 amide bonds. The molecule has 130 valence electrons. The molecule has 1 aliphatic heterocycles. The van der Waals surface area contributed by atoms with E-state index >= 15 is 0 Å². The van der Waals surface area contributed by atoms with Gasteiger partial charge in [-0.2, -0.15) is 0 Å². The molecule has 7 nitrogen and oxygen atoms in total. The zero-order valence-corrected chi connectivity index (χ0v) is 14.1. The Morgan fingerprint density at radius 2 is 1.88 bits per heavy atom. The van der Waals surface area contributed by atoms with Crippen LogP contribution in [-0.2, 0) is 0 Å². The van der Waals surface area contributed by atoms with Gasteiger partial charge in [-0.25, -0.2) is 9.97 Å². The number of hydrogen-bond donors (Lipinski definition) is 1. The average Bonchev–Trinajstić information content (AvgIpc) is 3.35. The molecule has 1 aromatic carbocycles. The van der Waals surface area contributed by atoms with Crippen molar-refractivity contribution < 1.29 is 9.21 Å². The summed E-state index contributed by atoms with van der Waals surface area (Å²) < 4.78 is 5.22. The second-order valence-electron chi connectivity index (χ2n) is 6.35. The second-order valence-corrected chi connectivity index (χ2v) is 6.35. The number of carbonyl (C=O) groups excluding carboxylic acids is 1. The van der Waals surface area contributed by atoms with Crippen LogP contribution in [-0.4, -0.2) is 51.9 Å². The highest BCUT2D eigenvalue weighted by Gasteiger charge is 2.25. The van der Waals surface area contributed by atoms with Crippen molar-refractivity contribution >= 4 is 33.7 Å². The summed E-state index contributed by atoms with van der Waals surface area (Å²) in [5.74, 6) is 1.21. The third kappa shape index (κ3) is 2.32. The molecule has 5 rings (SSSR count). The molecule has 26 heavy (non-hydrogen) atoms. The molecule has 4 heterocycles. The Morgan fingerprint density at radius 1 is 1.04 bits per heavy atom. The standard InChI is InChI=1S/C19H17N5O2/c25-19(15-6-3-11-26-15)24-9-7-23(8-10-24)18-17-16(20-12-21-18)13-4-1-2-5-14(13)22-17/h1-6,11-12,22H,7-10H2. The topological polar surface area (TPSA) is 78.3 Å².